The van der Waals surface area contributed by atoms with Crippen molar-refractivity contribution in [2.75, 3.05) is 13.2 Å². The normalized spacial score (nSPS) is 14.2. The number of aromatic nitrogens is 2. The van der Waals surface area contributed by atoms with Gasteiger partial charge >= 0.3 is 0 Å². The second-order valence-corrected chi connectivity index (χ2v) is 4.73. The fourth-order valence-electron chi connectivity index (χ4n) is 2.43. The van der Waals surface area contributed by atoms with Crippen molar-refractivity contribution < 1.29 is 4.74 Å². The highest BCUT2D eigenvalue weighted by molar-refractivity contribution is 5.67. The van der Waals surface area contributed by atoms with Crippen molar-refractivity contribution in [2.24, 2.45) is 0 Å². The highest BCUT2D eigenvalue weighted by Gasteiger charge is 2.17. The van der Waals surface area contributed by atoms with Gasteiger partial charge in [-0.15, -0.1) is 0 Å². The maximum atomic E-state index is 5.84. The Kier molecular flexibility index (Phi) is 3.51. The molecule has 0 saturated heterocycles. The van der Waals surface area contributed by atoms with Crippen molar-refractivity contribution in [1.29, 1.82) is 0 Å². The summed E-state index contributed by atoms with van der Waals surface area (Å²) >= 11 is 0. The van der Waals surface area contributed by atoms with Gasteiger partial charge < -0.3 is 14.6 Å². The van der Waals surface area contributed by atoms with Gasteiger partial charge in [0.15, 0.2) is 0 Å². The highest BCUT2D eigenvalue weighted by atomic mass is 16.5. The largest absolute Gasteiger partial charge is 0.493 e. The predicted molar refractivity (Wildman–Crippen MR) is 75.2 cm³/mol. The van der Waals surface area contributed by atoms with Crippen molar-refractivity contribution in [3.05, 3.63) is 36.3 Å². The third-order valence-electron chi connectivity index (χ3n) is 3.36. The molecule has 0 fully saturated rings. The lowest BCUT2D eigenvalue weighted by atomic mass is 10.1. The SMILES string of the molecule is CCCOc1ccccc1-c1cnc2n1CCNC2. The van der Waals surface area contributed by atoms with Crippen molar-refractivity contribution in [3.63, 3.8) is 0 Å². The van der Waals surface area contributed by atoms with Gasteiger partial charge in [0.1, 0.15) is 11.6 Å². The summed E-state index contributed by atoms with van der Waals surface area (Å²) in [6.07, 6.45) is 2.97. The zero-order valence-electron chi connectivity index (χ0n) is 11.2. The lowest BCUT2D eigenvalue weighted by Crippen LogP contribution is -2.28. The van der Waals surface area contributed by atoms with E-state index in [9.17, 15) is 0 Å². The smallest absolute Gasteiger partial charge is 0.128 e. The number of imidazole rings is 1. The minimum absolute atomic E-state index is 0.750. The summed E-state index contributed by atoms with van der Waals surface area (Å²) in [7, 11) is 0. The van der Waals surface area contributed by atoms with Crippen molar-refractivity contribution in [3.8, 4) is 17.0 Å². The van der Waals surface area contributed by atoms with Gasteiger partial charge in [-0.3, -0.25) is 0 Å². The molecule has 1 aromatic heterocycles. The Hall–Kier alpha value is -1.81. The third-order valence-corrected chi connectivity index (χ3v) is 3.36. The van der Waals surface area contributed by atoms with Crippen LogP contribution in [-0.2, 0) is 13.1 Å². The quantitative estimate of drug-likeness (QED) is 0.914. The highest BCUT2D eigenvalue weighted by Crippen LogP contribution is 2.31. The zero-order valence-corrected chi connectivity index (χ0v) is 11.2. The second-order valence-electron chi connectivity index (χ2n) is 4.73. The van der Waals surface area contributed by atoms with Crippen molar-refractivity contribution >= 4 is 0 Å². The first-order valence-electron chi connectivity index (χ1n) is 6.87. The Morgan fingerprint density at radius 1 is 1.37 bits per heavy atom. The average Bonchev–Trinajstić information content (AvgIpc) is 2.89. The fourth-order valence-corrected chi connectivity index (χ4v) is 2.43. The van der Waals surface area contributed by atoms with E-state index in [1.165, 1.54) is 0 Å². The molecule has 0 atom stereocenters. The molecular weight excluding hydrogens is 238 g/mol. The molecule has 0 radical (unpaired) electrons. The van der Waals surface area contributed by atoms with Gasteiger partial charge in [-0.1, -0.05) is 19.1 Å². The van der Waals surface area contributed by atoms with E-state index in [0.717, 1.165) is 55.5 Å². The minimum atomic E-state index is 0.750. The van der Waals surface area contributed by atoms with E-state index in [-0.39, 0.29) is 0 Å². The van der Waals surface area contributed by atoms with E-state index >= 15 is 0 Å². The fraction of sp³-hybridized carbons (Fsp3) is 0.400. The van der Waals surface area contributed by atoms with Crippen LogP contribution in [0.1, 0.15) is 19.2 Å². The summed E-state index contributed by atoms with van der Waals surface area (Å²) in [6.45, 7) is 5.67. The molecule has 3 rings (SSSR count). The summed E-state index contributed by atoms with van der Waals surface area (Å²) in [5.74, 6) is 2.05. The van der Waals surface area contributed by atoms with Crippen LogP contribution in [0.5, 0.6) is 5.75 Å². The molecule has 100 valence electrons. The van der Waals surface area contributed by atoms with E-state index in [1.54, 1.807) is 0 Å². The van der Waals surface area contributed by atoms with Crippen LogP contribution in [0.15, 0.2) is 30.5 Å². The van der Waals surface area contributed by atoms with Crippen LogP contribution < -0.4 is 10.1 Å². The molecule has 1 N–H and O–H groups in total. The van der Waals surface area contributed by atoms with Gasteiger partial charge in [-0.25, -0.2) is 4.98 Å². The molecule has 4 heteroatoms. The molecule has 1 aliphatic rings. The van der Waals surface area contributed by atoms with Crippen LogP contribution in [0.25, 0.3) is 11.3 Å². The summed E-state index contributed by atoms with van der Waals surface area (Å²) in [6, 6.07) is 8.21. The van der Waals surface area contributed by atoms with E-state index in [0.29, 0.717) is 0 Å². The first kappa shape index (κ1) is 12.2. The first-order chi connectivity index (χ1) is 9.40. The first-order valence-corrected chi connectivity index (χ1v) is 6.87. The minimum Gasteiger partial charge on any atom is -0.493 e. The number of nitrogens with zero attached hydrogens (tertiary/aromatic N) is 2. The number of nitrogens with one attached hydrogen (secondary N) is 1. The summed E-state index contributed by atoms with van der Waals surface area (Å²) in [5.41, 5.74) is 2.29. The molecule has 1 aromatic carbocycles. The Bertz CT molecular complexity index is 562. The third kappa shape index (κ3) is 2.36. The second kappa shape index (κ2) is 5.45. The molecule has 2 heterocycles. The standard InChI is InChI=1S/C15H19N3O/c1-2-9-19-14-6-4-3-5-12(14)13-10-17-15-11-16-7-8-18(13)15/h3-6,10,16H,2,7-9,11H2,1H3. The molecule has 0 amide bonds. The maximum Gasteiger partial charge on any atom is 0.128 e. The van der Waals surface area contributed by atoms with E-state index in [1.807, 2.05) is 18.3 Å². The lowest BCUT2D eigenvalue weighted by Gasteiger charge is -2.18. The number of hydrogen-bond acceptors (Lipinski definition) is 3. The van der Waals surface area contributed by atoms with Crippen molar-refractivity contribution in [1.82, 2.24) is 14.9 Å². The lowest BCUT2D eigenvalue weighted by molar-refractivity contribution is 0.318. The van der Waals surface area contributed by atoms with Crippen LogP contribution in [0.4, 0.5) is 0 Å². The van der Waals surface area contributed by atoms with Crippen LogP contribution >= 0.6 is 0 Å². The number of benzene rings is 1. The molecule has 1 aliphatic heterocycles. The van der Waals surface area contributed by atoms with E-state index in [4.69, 9.17) is 4.74 Å². The van der Waals surface area contributed by atoms with E-state index < -0.39 is 0 Å². The van der Waals surface area contributed by atoms with Crippen LogP contribution in [0.2, 0.25) is 0 Å². The van der Waals surface area contributed by atoms with Crippen LogP contribution in [-0.4, -0.2) is 22.7 Å². The Morgan fingerprint density at radius 2 is 2.26 bits per heavy atom. The van der Waals surface area contributed by atoms with Gasteiger partial charge in [0.05, 0.1) is 25.0 Å². The predicted octanol–water partition coefficient (Wildman–Crippen LogP) is 2.44. The topological polar surface area (TPSA) is 39.1 Å². The molecule has 19 heavy (non-hydrogen) atoms. The Labute approximate surface area is 113 Å². The maximum absolute atomic E-state index is 5.84. The molecule has 0 spiro atoms. The monoisotopic (exact) mass is 257 g/mol. The van der Waals surface area contributed by atoms with Gasteiger partial charge in [0.25, 0.3) is 0 Å². The van der Waals surface area contributed by atoms with Gasteiger partial charge in [-0.2, -0.15) is 0 Å². The molecule has 2 aromatic rings. The molecule has 0 saturated carbocycles. The average molecular weight is 257 g/mol. The van der Waals surface area contributed by atoms with E-state index in [2.05, 4.69) is 33.9 Å². The summed E-state index contributed by atoms with van der Waals surface area (Å²) < 4.78 is 8.13. The number of para-hydroxylation sites is 1. The van der Waals surface area contributed by atoms with Gasteiger partial charge in [-0.05, 0) is 18.6 Å². The molecule has 0 unspecified atom stereocenters. The molecule has 4 nitrogen and oxygen atoms in total. The summed E-state index contributed by atoms with van der Waals surface area (Å²) in [4.78, 5) is 4.50. The number of fused-ring (bicyclic) bond motifs is 1. The number of hydrogen-bond donors (Lipinski definition) is 1. The Morgan fingerprint density at radius 3 is 3.16 bits per heavy atom. The molecular formula is C15H19N3O. The zero-order chi connectivity index (χ0) is 13.1. The molecule has 0 aliphatic carbocycles. The van der Waals surface area contributed by atoms with Crippen LogP contribution in [0.3, 0.4) is 0 Å². The number of rotatable bonds is 4. The van der Waals surface area contributed by atoms with Crippen molar-refractivity contribution in [2.45, 2.75) is 26.4 Å². The molecule has 0 bridgehead atoms. The number of ether oxygens (including phenoxy) is 1. The van der Waals surface area contributed by atoms with Gasteiger partial charge in [0.2, 0.25) is 0 Å². The van der Waals surface area contributed by atoms with Gasteiger partial charge in [0, 0.05) is 18.7 Å². The Balaban J connectivity index is 1.99. The summed E-state index contributed by atoms with van der Waals surface area (Å²) in [5, 5.41) is 3.34. The van der Waals surface area contributed by atoms with Crippen LogP contribution in [0, 0.1) is 0 Å².